The zero-order chi connectivity index (χ0) is 12.8. The lowest BCUT2D eigenvalue weighted by Gasteiger charge is -2.25. The summed E-state index contributed by atoms with van der Waals surface area (Å²) in [7, 11) is 0. The molecule has 0 amide bonds. The van der Waals surface area contributed by atoms with Crippen LogP contribution >= 0.6 is 0 Å². The van der Waals surface area contributed by atoms with Crippen LogP contribution in [0.4, 0.5) is 0 Å². The Morgan fingerprint density at radius 2 is 2.00 bits per heavy atom. The molecule has 0 aliphatic carbocycles. The summed E-state index contributed by atoms with van der Waals surface area (Å²) in [5, 5.41) is 3.09. The van der Waals surface area contributed by atoms with Crippen LogP contribution in [0.25, 0.3) is 0 Å². The molecule has 0 aliphatic heterocycles. The van der Waals surface area contributed by atoms with Crippen molar-refractivity contribution in [3.8, 4) is 0 Å². The highest BCUT2D eigenvalue weighted by Crippen LogP contribution is 2.11. The minimum Gasteiger partial charge on any atom is -0.465 e. The lowest BCUT2D eigenvalue weighted by molar-refractivity contribution is -0.147. The van der Waals surface area contributed by atoms with Crippen molar-refractivity contribution in [2.75, 3.05) is 13.2 Å². The molecule has 0 heterocycles. The maximum Gasteiger partial charge on any atom is 0.323 e. The van der Waals surface area contributed by atoms with Crippen LogP contribution in [0, 0.1) is 11.3 Å². The van der Waals surface area contributed by atoms with Crippen LogP contribution in [0.2, 0.25) is 0 Å². The Balaban J connectivity index is 4.35. The van der Waals surface area contributed by atoms with Gasteiger partial charge in [0, 0.05) is 12.0 Å². The van der Waals surface area contributed by atoms with Gasteiger partial charge in [-0.3, -0.25) is 4.79 Å². The molecule has 0 unspecified atom stereocenters. The summed E-state index contributed by atoms with van der Waals surface area (Å²) in [4.78, 5) is 22.4. The number of carbonyl (C=O) groups excluding carboxylic acids is 2. The SMILES string of the molecule is CCOC(=O)[C@@H](NCC(C)(C)C=O)C(C)C. The molecular weight excluding hydrogens is 206 g/mol. The molecule has 0 saturated carbocycles. The van der Waals surface area contributed by atoms with Crippen LogP contribution in [0.3, 0.4) is 0 Å². The molecule has 0 aromatic heterocycles. The molecule has 0 saturated heterocycles. The summed E-state index contributed by atoms with van der Waals surface area (Å²) < 4.78 is 4.97. The van der Waals surface area contributed by atoms with Crippen molar-refractivity contribution in [1.29, 1.82) is 0 Å². The number of aldehydes is 1. The first-order valence-corrected chi connectivity index (χ1v) is 5.70. The highest BCUT2D eigenvalue weighted by molar-refractivity contribution is 5.76. The van der Waals surface area contributed by atoms with Crippen LogP contribution in [-0.4, -0.2) is 31.4 Å². The molecule has 4 heteroatoms. The molecule has 94 valence electrons. The van der Waals surface area contributed by atoms with Gasteiger partial charge in [-0.15, -0.1) is 0 Å². The lowest BCUT2D eigenvalue weighted by Crippen LogP contribution is -2.46. The summed E-state index contributed by atoms with van der Waals surface area (Å²) in [6, 6.07) is -0.348. The Kier molecular flexibility index (Phi) is 6.26. The molecule has 1 atom stereocenters. The Hall–Kier alpha value is -0.900. The maximum atomic E-state index is 11.6. The molecule has 4 nitrogen and oxygen atoms in total. The fourth-order valence-electron chi connectivity index (χ4n) is 1.24. The van der Waals surface area contributed by atoms with Crippen LogP contribution in [-0.2, 0) is 14.3 Å². The fourth-order valence-corrected chi connectivity index (χ4v) is 1.24. The van der Waals surface area contributed by atoms with E-state index in [9.17, 15) is 9.59 Å². The lowest BCUT2D eigenvalue weighted by atomic mass is 9.94. The third-order valence-electron chi connectivity index (χ3n) is 2.30. The molecule has 0 fully saturated rings. The van der Waals surface area contributed by atoms with Gasteiger partial charge in [0.1, 0.15) is 12.3 Å². The van der Waals surface area contributed by atoms with E-state index in [0.717, 1.165) is 6.29 Å². The van der Waals surface area contributed by atoms with Crippen molar-refractivity contribution in [3.05, 3.63) is 0 Å². The van der Waals surface area contributed by atoms with Gasteiger partial charge in [0.15, 0.2) is 0 Å². The first-order chi connectivity index (χ1) is 7.34. The fraction of sp³-hybridized carbons (Fsp3) is 0.833. The maximum absolute atomic E-state index is 11.6. The first-order valence-electron chi connectivity index (χ1n) is 5.70. The third kappa shape index (κ3) is 5.26. The molecule has 0 aromatic carbocycles. The molecule has 16 heavy (non-hydrogen) atoms. The Morgan fingerprint density at radius 3 is 2.38 bits per heavy atom. The molecule has 1 N–H and O–H groups in total. The summed E-state index contributed by atoms with van der Waals surface area (Å²) in [6.07, 6.45) is 0.891. The normalized spacial score (nSPS) is 13.6. The number of ether oxygens (including phenoxy) is 1. The van der Waals surface area contributed by atoms with Crippen molar-refractivity contribution in [3.63, 3.8) is 0 Å². The number of rotatable bonds is 7. The molecule has 0 aliphatic rings. The van der Waals surface area contributed by atoms with Gasteiger partial charge in [-0.25, -0.2) is 0 Å². The third-order valence-corrected chi connectivity index (χ3v) is 2.30. The van der Waals surface area contributed by atoms with Gasteiger partial charge in [0.05, 0.1) is 6.61 Å². The molecule has 0 radical (unpaired) electrons. The van der Waals surface area contributed by atoms with Crippen LogP contribution in [0.1, 0.15) is 34.6 Å². The number of nitrogens with one attached hydrogen (secondary N) is 1. The average Bonchev–Trinajstić information content (AvgIpc) is 2.17. The quantitative estimate of drug-likeness (QED) is 0.529. The van der Waals surface area contributed by atoms with Crippen LogP contribution in [0.5, 0.6) is 0 Å². The largest absolute Gasteiger partial charge is 0.465 e. The van der Waals surface area contributed by atoms with E-state index >= 15 is 0 Å². The summed E-state index contributed by atoms with van der Waals surface area (Å²) in [6.45, 7) is 10.2. The minimum atomic E-state index is -0.459. The smallest absolute Gasteiger partial charge is 0.323 e. The summed E-state index contributed by atoms with van der Waals surface area (Å²) in [5.41, 5.74) is -0.459. The number of hydrogen-bond donors (Lipinski definition) is 1. The van der Waals surface area contributed by atoms with E-state index in [-0.39, 0.29) is 17.9 Å². The zero-order valence-corrected chi connectivity index (χ0v) is 10.9. The van der Waals surface area contributed by atoms with Crippen molar-refractivity contribution in [2.24, 2.45) is 11.3 Å². The topological polar surface area (TPSA) is 55.4 Å². The van der Waals surface area contributed by atoms with Crippen molar-refractivity contribution in [2.45, 2.75) is 40.7 Å². The van der Waals surface area contributed by atoms with Crippen LogP contribution in [0.15, 0.2) is 0 Å². The van der Waals surface area contributed by atoms with Gasteiger partial charge >= 0.3 is 5.97 Å². The second-order valence-electron chi connectivity index (χ2n) is 4.96. The van der Waals surface area contributed by atoms with E-state index < -0.39 is 5.41 Å². The standard InChI is InChI=1S/C12H23NO3/c1-6-16-11(15)10(9(2)3)13-7-12(4,5)8-14/h8-10,13H,6-7H2,1-5H3/t10-/m0/s1. The Bertz CT molecular complexity index is 236. The van der Waals surface area contributed by atoms with Crippen LogP contribution < -0.4 is 5.32 Å². The van der Waals surface area contributed by atoms with E-state index in [1.807, 2.05) is 27.7 Å². The molecule has 0 aromatic rings. The molecule has 0 spiro atoms. The highest BCUT2D eigenvalue weighted by Gasteiger charge is 2.26. The van der Waals surface area contributed by atoms with Crippen molar-refractivity contribution < 1.29 is 14.3 Å². The molecular formula is C12H23NO3. The number of carbonyl (C=O) groups is 2. The second-order valence-corrected chi connectivity index (χ2v) is 4.96. The van der Waals surface area contributed by atoms with Crippen molar-refractivity contribution >= 4 is 12.3 Å². The predicted molar refractivity (Wildman–Crippen MR) is 63.1 cm³/mol. The summed E-state index contributed by atoms with van der Waals surface area (Å²) in [5.74, 6) is -0.110. The second kappa shape index (κ2) is 6.63. The zero-order valence-electron chi connectivity index (χ0n) is 10.9. The average molecular weight is 229 g/mol. The van der Waals surface area contributed by atoms with E-state index in [0.29, 0.717) is 13.2 Å². The van der Waals surface area contributed by atoms with E-state index in [1.54, 1.807) is 6.92 Å². The molecule has 0 rings (SSSR count). The van der Waals surface area contributed by atoms with E-state index in [4.69, 9.17) is 4.74 Å². The minimum absolute atomic E-state index is 0.140. The van der Waals surface area contributed by atoms with E-state index in [2.05, 4.69) is 5.32 Å². The van der Waals surface area contributed by atoms with Gasteiger partial charge < -0.3 is 14.8 Å². The van der Waals surface area contributed by atoms with Gasteiger partial charge in [-0.1, -0.05) is 27.7 Å². The van der Waals surface area contributed by atoms with E-state index in [1.165, 1.54) is 0 Å². The van der Waals surface area contributed by atoms with Gasteiger partial charge in [-0.2, -0.15) is 0 Å². The summed E-state index contributed by atoms with van der Waals surface area (Å²) >= 11 is 0. The number of hydrogen-bond acceptors (Lipinski definition) is 4. The molecule has 0 bridgehead atoms. The first kappa shape index (κ1) is 15.1. The van der Waals surface area contributed by atoms with Crippen molar-refractivity contribution in [1.82, 2.24) is 5.32 Å². The Labute approximate surface area is 97.7 Å². The van der Waals surface area contributed by atoms with Gasteiger partial charge in [0.25, 0.3) is 0 Å². The number of esters is 1. The monoisotopic (exact) mass is 229 g/mol. The Morgan fingerprint density at radius 1 is 1.44 bits per heavy atom. The highest BCUT2D eigenvalue weighted by atomic mass is 16.5. The van der Waals surface area contributed by atoms with Gasteiger partial charge in [-0.05, 0) is 12.8 Å². The predicted octanol–water partition coefficient (Wildman–Crippen LogP) is 1.39. The van der Waals surface area contributed by atoms with Gasteiger partial charge in [0.2, 0.25) is 0 Å².